The van der Waals surface area contributed by atoms with Crippen molar-refractivity contribution >= 4 is 11.6 Å². The maximum Gasteiger partial charge on any atom is 0.191 e. The van der Waals surface area contributed by atoms with Gasteiger partial charge in [0, 0.05) is 18.2 Å². The molecule has 0 N–H and O–H groups in total. The molecule has 0 spiro atoms. The van der Waals surface area contributed by atoms with Gasteiger partial charge in [-0.25, -0.2) is 0 Å². The third kappa shape index (κ3) is 4.97. The molecule has 4 heteroatoms. The van der Waals surface area contributed by atoms with E-state index < -0.39 is 0 Å². The highest BCUT2D eigenvalue weighted by Gasteiger charge is 2.13. The Balaban J connectivity index is 2.78. The molecular formula is C16H25ClO3. The van der Waals surface area contributed by atoms with Crippen molar-refractivity contribution in [1.29, 1.82) is 0 Å². The van der Waals surface area contributed by atoms with E-state index in [1.54, 1.807) is 0 Å². The van der Waals surface area contributed by atoms with Crippen molar-refractivity contribution in [3.05, 3.63) is 28.3 Å². The van der Waals surface area contributed by atoms with E-state index in [0.717, 1.165) is 21.9 Å². The molecule has 1 aromatic carbocycles. The van der Waals surface area contributed by atoms with Gasteiger partial charge in [0.25, 0.3) is 0 Å². The molecule has 0 bridgehead atoms. The minimum absolute atomic E-state index is 0.331. The molecule has 3 nitrogen and oxygen atoms in total. The highest BCUT2D eigenvalue weighted by Crippen LogP contribution is 2.31. The predicted octanol–water partition coefficient (Wildman–Crippen LogP) is 4.55. The molecule has 0 radical (unpaired) electrons. The molecule has 0 amide bonds. The maximum atomic E-state index is 6.25. The Bertz CT molecular complexity index is 412. The standard InChI is InChI=1S/C16H25ClO3/c1-6-18-16(19-7-2)10-20-15-9-13(11(3)4)14(17)8-12(15)5/h8-9,11,16H,6-7,10H2,1-5H3. The number of hydrogen-bond acceptors (Lipinski definition) is 3. The van der Waals surface area contributed by atoms with Crippen molar-refractivity contribution in [2.75, 3.05) is 19.8 Å². The summed E-state index contributed by atoms with van der Waals surface area (Å²) >= 11 is 6.25. The summed E-state index contributed by atoms with van der Waals surface area (Å²) in [5, 5.41) is 0.788. The van der Waals surface area contributed by atoms with E-state index in [1.165, 1.54) is 0 Å². The van der Waals surface area contributed by atoms with Gasteiger partial charge in [-0.2, -0.15) is 0 Å². The highest BCUT2D eigenvalue weighted by atomic mass is 35.5. The van der Waals surface area contributed by atoms with Crippen molar-refractivity contribution in [1.82, 2.24) is 0 Å². The Labute approximate surface area is 127 Å². The van der Waals surface area contributed by atoms with Crippen LogP contribution in [0, 0.1) is 6.92 Å². The molecule has 0 saturated heterocycles. The molecular weight excluding hydrogens is 276 g/mol. The van der Waals surface area contributed by atoms with Crippen LogP contribution in [0.5, 0.6) is 5.75 Å². The van der Waals surface area contributed by atoms with Gasteiger partial charge in [0.15, 0.2) is 6.29 Å². The van der Waals surface area contributed by atoms with Crippen LogP contribution in [0.25, 0.3) is 0 Å². The number of aryl methyl sites for hydroxylation is 1. The predicted molar refractivity (Wildman–Crippen MR) is 82.8 cm³/mol. The fourth-order valence-corrected chi connectivity index (χ4v) is 2.38. The highest BCUT2D eigenvalue weighted by molar-refractivity contribution is 6.31. The molecule has 0 heterocycles. The minimum atomic E-state index is -0.331. The monoisotopic (exact) mass is 300 g/mol. The molecule has 0 aromatic heterocycles. The van der Waals surface area contributed by atoms with Crippen LogP contribution in [0.15, 0.2) is 12.1 Å². The summed E-state index contributed by atoms with van der Waals surface area (Å²) in [6, 6.07) is 3.96. The average molecular weight is 301 g/mol. The Morgan fingerprint density at radius 3 is 2.20 bits per heavy atom. The molecule has 0 fully saturated rings. The first-order valence-corrected chi connectivity index (χ1v) is 7.53. The zero-order chi connectivity index (χ0) is 15.1. The quantitative estimate of drug-likeness (QED) is 0.659. The lowest BCUT2D eigenvalue weighted by atomic mass is 10.0. The molecule has 114 valence electrons. The molecule has 0 aliphatic rings. The van der Waals surface area contributed by atoms with Crippen molar-refractivity contribution in [2.45, 2.75) is 46.8 Å². The van der Waals surface area contributed by atoms with Gasteiger partial charge in [-0.1, -0.05) is 25.4 Å². The van der Waals surface area contributed by atoms with E-state index in [9.17, 15) is 0 Å². The van der Waals surface area contributed by atoms with E-state index in [0.29, 0.717) is 25.7 Å². The van der Waals surface area contributed by atoms with Crippen molar-refractivity contribution in [3.63, 3.8) is 0 Å². The first-order valence-electron chi connectivity index (χ1n) is 7.15. The molecule has 0 aliphatic heterocycles. The zero-order valence-corrected chi connectivity index (χ0v) is 13.8. The fraction of sp³-hybridized carbons (Fsp3) is 0.625. The Kier molecular flexibility index (Phi) is 7.35. The summed E-state index contributed by atoms with van der Waals surface area (Å²) in [5.74, 6) is 1.20. The van der Waals surface area contributed by atoms with Crippen LogP contribution in [0.1, 0.15) is 44.7 Å². The Morgan fingerprint density at radius 1 is 1.10 bits per heavy atom. The third-order valence-corrected chi connectivity index (χ3v) is 3.32. The first kappa shape index (κ1) is 17.3. The number of ether oxygens (including phenoxy) is 3. The SMILES string of the molecule is CCOC(COc1cc(C(C)C)c(Cl)cc1C)OCC. The van der Waals surface area contributed by atoms with Crippen LogP contribution >= 0.6 is 11.6 Å². The summed E-state index contributed by atoms with van der Waals surface area (Å²) in [5.41, 5.74) is 2.11. The summed E-state index contributed by atoms with van der Waals surface area (Å²) in [4.78, 5) is 0. The van der Waals surface area contributed by atoms with E-state index in [4.69, 9.17) is 25.8 Å². The summed E-state index contributed by atoms with van der Waals surface area (Å²) < 4.78 is 16.8. The van der Waals surface area contributed by atoms with E-state index in [2.05, 4.69) is 13.8 Å². The lowest BCUT2D eigenvalue weighted by Crippen LogP contribution is -2.25. The second-order valence-corrected chi connectivity index (χ2v) is 5.35. The fourth-order valence-electron chi connectivity index (χ4n) is 1.94. The van der Waals surface area contributed by atoms with Gasteiger partial charge >= 0.3 is 0 Å². The molecule has 1 rings (SSSR count). The van der Waals surface area contributed by atoms with E-state index in [1.807, 2.05) is 32.9 Å². The van der Waals surface area contributed by atoms with E-state index in [-0.39, 0.29) is 6.29 Å². The van der Waals surface area contributed by atoms with Gasteiger partial charge in [-0.3, -0.25) is 0 Å². The van der Waals surface area contributed by atoms with Crippen LogP contribution in [-0.4, -0.2) is 26.1 Å². The van der Waals surface area contributed by atoms with Crippen LogP contribution < -0.4 is 4.74 Å². The first-order chi connectivity index (χ1) is 9.49. The van der Waals surface area contributed by atoms with Gasteiger partial charge < -0.3 is 14.2 Å². The topological polar surface area (TPSA) is 27.7 Å². The molecule has 1 aromatic rings. The molecule has 20 heavy (non-hydrogen) atoms. The molecule has 0 atom stereocenters. The number of hydrogen-bond donors (Lipinski definition) is 0. The summed E-state index contributed by atoms with van der Waals surface area (Å²) in [6.45, 7) is 11.7. The van der Waals surface area contributed by atoms with Gasteiger partial charge in [-0.05, 0) is 49.9 Å². The summed E-state index contributed by atoms with van der Waals surface area (Å²) in [7, 11) is 0. The lowest BCUT2D eigenvalue weighted by molar-refractivity contribution is -0.152. The van der Waals surface area contributed by atoms with Crippen LogP contribution in [0.2, 0.25) is 5.02 Å². The van der Waals surface area contributed by atoms with Gasteiger partial charge in [0.2, 0.25) is 0 Å². The van der Waals surface area contributed by atoms with Crippen LogP contribution in [0.4, 0.5) is 0 Å². The van der Waals surface area contributed by atoms with Crippen LogP contribution in [0.3, 0.4) is 0 Å². The third-order valence-electron chi connectivity index (χ3n) is 3.00. The average Bonchev–Trinajstić information content (AvgIpc) is 2.37. The number of rotatable bonds is 8. The number of benzene rings is 1. The largest absolute Gasteiger partial charge is 0.488 e. The van der Waals surface area contributed by atoms with Crippen molar-refractivity contribution < 1.29 is 14.2 Å². The van der Waals surface area contributed by atoms with Crippen LogP contribution in [-0.2, 0) is 9.47 Å². The minimum Gasteiger partial charge on any atom is -0.488 e. The lowest BCUT2D eigenvalue weighted by Gasteiger charge is -2.19. The molecule has 0 unspecified atom stereocenters. The molecule has 0 saturated carbocycles. The second-order valence-electron chi connectivity index (χ2n) is 4.95. The smallest absolute Gasteiger partial charge is 0.191 e. The van der Waals surface area contributed by atoms with Gasteiger partial charge in [-0.15, -0.1) is 0 Å². The maximum absolute atomic E-state index is 6.25. The Morgan fingerprint density at radius 2 is 1.70 bits per heavy atom. The van der Waals surface area contributed by atoms with Gasteiger partial charge in [0.1, 0.15) is 12.4 Å². The van der Waals surface area contributed by atoms with Crippen molar-refractivity contribution in [2.24, 2.45) is 0 Å². The number of halogens is 1. The Hall–Kier alpha value is -0.770. The van der Waals surface area contributed by atoms with Gasteiger partial charge in [0.05, 0.1) is 0 Å². The van der Waals surface area contributed by atoms with Crippen molar-refractivity contribution in [3.8, 4) is 5.75 Å². The molecule has 0 aliphatic carbocycles. The second kappa shape index (κ2) is 8.50. The summed E-state index contributed by atoms with van der Waals surface area (Å²) in [6.07, 6.45) is -0.331. The zero-order valence-electron chi connectivity index (χ0n) is 13.0. The normalized spacial score (nSPS) is 11.4. The van der Waals surface area contributed by atoms with E-state index >= 15 is 0 Å².